The Hall–Kier alpha value is -2.89. The highest BCUT2D eigenvalue weighted by Gasteiger charge is 2.47. The molecule has 1 amide bonds. The van der Waals surface area contributed by atoms with Gasteiger partial charge in [-0.2, -0.15) is 0 Å². The van der Waals surface area contributed by atoms with Crippen LogP contribution in [0.4, 0.5) is 4.39 Å². The summed E-state index contributed by atoms with van der Waals surface area (Å²) in [6.45, 7) is 2.44. The molecule has 1 saturated heterocycles. The summed E-state index contributed by atoms with van der Waals surface area (Å²) in [6, 6.07) is 7.67. The third-order valence-corrected chi connectivity index (χ3v) is 4.47. The van der Waals surface area contributed by atoms with Crippen molar-refractivity contribution in [2.24, 2.45) is 0 Å². The molecule has 0 aliphatic carbocycles. The first-order chi connectivity index (χ1) is 12.5. The number of likely N-dealkylation sites (tertiary alicyclic amines) is 1. The summed E-state index contributed by atoms with van der Waals surface area (Å²) in [7, 11) is 0. The molecule has 5 nitrogen and oxygen atoms in total. The summed E-state index contributed by atoms with van der Waals surface area (Å²) in [6.07, 6.45) is 4.10. The zero-order chi connectivity index (χ0) is 18.7. The first-order valence-corrected chi connectivity index (χ1v) is 8.62. The maximum atomic E-state index is 13.2. The summed E-state index contributed by atoms with van der Waals surface area (Å²) < 4.78 is 18.6. The number of furan rings is 1. The van der Waals surface area contributed by atoms with Crippen molar-refractivity contribution in [2.45, 2.75) is 32.2 Å². The van der Waals surface area contributed by atoms with E-state index < -0.39 is 23.5 Å². The monoisotopic (exact) mass is 357 g/mol. The number of aliphatic hydroxyl groups is 1. The summed E-state index contributed by atoms with van der Waals surface area (Å²) in [5.41, 5.74) is 0.238. The van der Waals surface area contributed by atoms with Gasteiger partial charge in [0.15, 0.2) is 0 Å². The molecule has 0 spiro atoms. The van der Waals surface area contributed by atoms with Gasteiger partial charge in [-0.15, -0.1) is 0 Å². The fraction of sp³-hybridized carbons (Fsp3) is 0.300. The molecule has 1 aromatic carbocycles. The average molecular weight is 357 g/mol. The lowest BCUT2D eigenvalue weighted by atomic mass is 9.99. The second-order valence-electron chi connectivity index (χ2n) is 6.22. The highest BCUT2D eigenvalue weighted by molar-refractivity contribution is 6.46. The van der Waals surface area contributed by atoms with Gasteiger partial charge >= 0.3 is 0 Å². The topological polar surface area (TPSA) is 70.8 Å². The maximum Gasteiger partial charge on any atom is 0.295 e. The molecule has 1 fully saturated rings. The Morgan fingerprint density at radius 3 is 2.54 bits per heavy atom. The van der Waals surface area contributed by atoms with Gasteiger partial charge in [-0.3, -0.25) is 9.59 Å². The molecule has 2 aromatic rings. The van der Waals surface area contributed by atoms with Crippen LogP contribution in [0.2, 0.25) is 0 Å². The van der Waals surface area contributed by atoms with Gasteiger partial charge < -0.3 is 14.4 Å². The Bertz CT molecular complexity index is 824. The summed E-state index contributed by atoms with van der Waals surface area (Å²) in [5, 5.41) is 10.7. The lowest BCUT2D eigenvalue weighted by Crippen LogP contribution is -2.30. The molecule has 3 rings (SSSR count). The van der Waals surface area contributed by atoms with Crippen LogP contribution < -0.4 is 0 Å². The van der Waals surface area contributed by atoms with Crippen LogP contribution in [-0.4, -0.2) is 28.2 Å². The molecule has 6 heteroatoms. The van der Waals surface area contributed by atoms with Gasteiger partial charge in [0.25, 0.3) is 11.7 Å². The van der Waals surface area contributed by atoms with Gasteiger partial charge in [0.1, 0.15) is 23.4 Å². The average Bonchev–Trinajstić information content (AvgIpc) is 3.24. The van der Waals surface area contributed by atoms with Gasteiger partial charge in [0, 0.05) is 12.1 Å². The molecular formula is C20H20FNO4. The minimum atomic E-state index is -0.785. The fourth-order valence-corrected chi connectivity index (χ4v) is 3.15. The summed E-state index contributed by atoms with van der Waals surface area (Å²) >= 11 is 0. The number of Topliss-reactive ketones (excluding diaryl/α,β-unsaturated/α-hetero) is 1. The predicted octanol–water partition coefficient (Wildman–Crippen LogP) is 4.03. The highest BCUT2D eigenvalue weighted by atomic mass is 19.1. The van der Waals surface area contributed by atoms with Crippen molar-refractivity contribution in [3.05, 3.63) is 65.4 Å². The number of halogens is 1. The van der Waals surface area contributed by atoms with E-state index in [9.17, 15) is 19.1 Å². The van der Waals surface area contributed by atoms with Crippen molar-refractivity contribution in [3.63, 3.8) is 0 Å². The number of aliphatic hydroxyl groups excluding tert-OH is 1. The Balaban J connectivity index is 2.06. The van der Waals surface area contributed by atoms with Gasteiger partial charge in [-0.25, -0.2) is 4.39 Å². The van der Waals surface area contributed by atoms with Crippen molar-refractivity contribution < 1.29 is 23.5 Å². The second-order valence-corrected chi connectivity index (χ2v) is 6.22. The Labute approximate surface area is 150 Å². The Morgan fingerprint density at radius 1 is 1.19 bits per heavy atom. The third-order valence-electron chi connectivity index (χ3n) is 4.47. The van der Waals surface area contributed by atoms with Crippen molar-refractivity contribution in [3.8, 4) is 0 Å². The van der Waals surface area contributed by atoms with Gasteiger partial charge in [-0.1, -0.05) is 19.8 Å². The van der Waals surface area contributed by atoms with Crippen LogP contribution in [0.25, 0.3) is 5.76 Å². The van der Waals surface area contributed by atoms with Crippen LogP contribution in [0.15, 0.2) is 52.7 Å². The lowest BCUT2D eigenvalue weighted by molar-refractivity contribution is -0.140. The standard InChI is InChI=1S/C20H20FNO4/c1-2-3-4-11-22-17(15-6-5-12-26-15)16(19(24)20(22)25)18(23)13-7-9-14(21)10-8-13/h5-10,12,17,23H,2-4,11H2,1H3/b18-16-. The van der Waals surface area contributed by atoms with E-state index in [1.807, 2.05) is 6.92 Å². The number of unbranched alkanes of at least 4 members (excludes halogenated alkanes) is 2. The van der Waals surface area contributed by atoms with Crippen LogP contribution in [-0.2, 0) is 9.59 Å². The van der Waals surface area contributed by atoms with Gasteiger partial charge in [0.2, 0.25) is 0 Å². The molecule has 1 aromatic heterocycles. The molecule has 1 N–H and O–H groups in total. The van der Waals surface area contributed by atoms with E-state index in [1.165, 1.54) is 35.4 Å². The van der Waals surface area contributed by atoms with E-state index in [0.717, 1.165) is 19.3 Å². The van der Waals surface area contributed by atoms with E-state index in [2.05, 4.69) is 0 Å². The Morgan fingerprint density at radius 2 is 1.92 bits per heavy atom. The molecule has 1 atom stereocenters. The zero-order valence-corrected chi connectivity index (χ0v) is 14.4. The summed E-state index contributed by atoms with van der Waals surface area (Å²) in [5.74, 6) is -1.80. The molecule has 1 unspecified atom stereocenters. The van der Waals surface area contributed by atoms with Crippen LogP contribution >= 0.6 is 0 Å². The first kappa shape index (κ1) is 17.9. The molecule has 26 heavy (non-hydrogen) atoms. The van der Waals surface area contributed by atoms with E-state index in [-0.39, 0.29) is 16.9 Å². The molecule has 136 valence electrons. The molecule has 1 aliphatic heterocycles. The molecule has 1 aliphatic rings. The van der Waals surface area contributed by atoms with E-state index in [1.54, 1.807) is 12.1 Å². The number of carbonyl (C=O) groups excluding carboxylic acids is 2. The smallest absolute Gasteiger partial charge is 0.295 e. The van der Waals surface area contributed by atoms with Crippen LogP contribution in [0.1, 0.15) is 43.6 Å². The quantitative estimate of drug-likeness (QED) is 0.367. The maximum absolute atomic E-state index is 13.2. The van der Waals surface area contributed by atoms with E-state index in [4.69, 9.17) is 4.42 Å². The number of hydrogen-bond donors (Lipinski definition) is 1. The number of benzene rings is 1. The third kappa shape index (κ3) is 3.27. The normalized spacial score (nSPS) is 19.3. The number of amides is 1. The minimum absolute atomic E-state index is 0.0342. The summed E-state index contributed by atoms with van der Waals surface area (Å²) in [4.78, 5) is 26.6. The van der Waals surface area contributed by atoms with E-state index in [0.29, 0.717) is 12.3 Å². The number of ketones is 1. The van der Waals surface area contributed by atoms with Crippen molar-refractivity contribution in [2.75, 3.05) is 6.54 Å². The molecule has 0 radical (unpaired) electrons. The van der Waals surface area contributed by atoms with Crippen molar-refractivity contribution >= 4 is 17.4 Å². The molecule has 0 bridgehead atoms. The largest absolute Gasteiger partial charge is 0.507 e. The molecule has 2 heterocycles. The van der Waals surface area contributed by atoms with Crippen LogP contribution in [0.5, 0.6) is 0 Å². The first-order valence-electron chi connectivity index (χ1n) is 8.62. The van der Waals surface area contributed by atoms with Crippen LogP contribution in [0.3, 0.4) is 0 Å². The van der Waals surface area contributed by atoms with Gasteiger partial charge in [-0.05, 0) is 42.8 Å². The highest BCUT2D eigenvalue weighted by Crippen LogP contribution is 2.39. The number of nitrogens with zero attached hydrogens (tertiary/aromatic N) is 1. The SMILES string of the molecule is CCCCCN1C(=O)C(=O)/C(=C(\O)c2ccc(F)cc2)C1c1ccco1. The minimum Gasteiger partial charge on any atom is -0.507 e. The Kier molecular flexibility index (Phi) is 5.21. The van der Waals surface area contributed by atoms with Crippen molar-refractivity contribution in [1.82, 2.24) is 4.90 Å². The predicted molar refractivity (Wildman–Crippen MR) is 93.6 cm³/mol. The zero-order valence-electron chi connectivity index (χ0n) is 14.4. The van der Waals surface area contributed by atoms with E-state index >= 15 is 0 Å². The lowest BCUT2D eigenvalue weighted by Gasteiger charge is -2.23. The van der Waals surface area contributed by atoms with Crippen molar-refractivity contribution in [1.29, 1.82) is 0 Å². The van der Waals surface area contributed by atoms with Crippen LogP contribution in [0, 0.1) is 5.82 Å². The number of carbonyl (C=O) groups is 2. The number of rotatable bonds is 6. The fourth-order valence-electron chi connectivity index (χ4n) is 3.15. The molecule has 0 saturated carbocycles. The molecular weight excluding hydrogens is 337 g/mol. The second kappa shape index (κ2) is 7.56. The number of hydrogen-bond acceptors (Lipinski definition) is 4. The van der Waals surface area contributed by atoms with Gasteiger partial charge in [0.05, 0.1) is 11.8 Å².